The lowest BCUT2D eigenvalue weighted by Crippen LogP contribution is -2.29. The number of likely N-dealkylation sites (N-methyl/N-ethyl adjacent to an activating group) is 2. The summed E-state index contributed by atoms with van der Waals surface area (Å²) in [6.45, 7) is 7.67. The molecule has 2 N–H and O–H groups in total. The molecule has 1 heterocycles. The molecule has 0 saturated heterocycles. The smallest absolute Gasteiger partial charge is 0.335 e. The normalized spacial score (nSPS) is 11.4. The second kappa shape index (κ2) is 6.02. The molecule has 5 nitrogen and oxygen atoms in total. The topological polar surface area (TPSA) is 65.5 Å². The van der Waals surface area contributed by atoms with Crippen LogP contribution in [0.1, 0.15) is 36.8 Å². The summed E-state index contributed by atoms with van der Waals surface area (Å²) in [5, 5.41) is 12.3. The second-order valence-corrected chi connectivity index (χ2v) is 5.68. The van der Waals surface area contributed by atoms with Gasteiger partial charge >= 0.3 is 5.97 Å². The van der Waals surface area contributed by atoms with Crippen LogP contribution in [0.5, 0.6) is 0 Å². The van der Waals surface area contributed by atoms with Crippen molar-refractivity contribution >= 4 is 11.8 Å². The third-order valence-corrected chi connectivity index (χ3v) is 2.92. The predicted octanol–water partition coefficient (Wildman–Crippen LogP) is 1.73. The van der Waals surface area contributed by atoms with Crippen LogP contribution in [0.3, 0.4) is 0 Å². The average molecular weight is 265 g/mol. The van der Waals surface area contributed by atoms with Gasteiger partial charge in [0.15, 0.2) is 0 Å². The number of rotatable bonds is 5. The average Bonchev–Trinajstić information content (AvgIpc) is 2.34. The third kappa shape index (κ3) is 4.21. The Kier molecular flexibility index (Phi) is 4.89. The molecule has 0 aliphatic rings. The molecule has 0 radical (unpaired) electrons. The molecule has 1 rings (SSSR count). The number of hydrogen-bond acceptors (Lipinski definition) is 4. The SMILES string of the molecule is CNCCN(C)c1cc(C(=O)O)cc(C(C)(C)C)n1. The van der Waals surface area contributed by atoms with Crippen LogP contribution in [0.2, 0.25) is 0 Å². The molecule has 1 aromatic rings. The minimum Gasteiger partial charge on any atom is -0.478 e. The van der Waals surface area contributed by atoms with Gasteiger partial charge in [-0.3, -0.25) is 0 Å². The van der Waals surface area contributed by atoms with Crippen molar-refractivity contribution in [2.45, 2.75) is 26.2 Å². The minimum absolute atomic E-state index is 0.177. The summed E-state index contributed by atoms with van der Waals surface area (Å²) in [4.78, 5) is 17.7. The molecule has 0 aromatic carbocycles. The molecule has 0 aliphatic carbocycles. The number of aromatic nitrogens is 1. The second-order valence-electron chi connectivity index (χ2n) is 5.68. The number of nitrogens with one attached hydrogen (secondary N) is 1. The molecule has 0 bridgehead atoms. The summed E-state index contributed by atoms with van der Waals surface area (Å²) >= 11 is 0. The fourth-order valence-electron chi connectivity index (χ4n) is 1.61. The van der Waals surface area contributed by atoms with Gasteiger partial charge < -0.3 is 15.3 Å². The van der Waals surface area contributed by atoms with Gasteiger partial charge in [-0.1, -0.05) is 20.8 Å². The number of anilines is 1. The Morgan fingerprint density at radius 3 is 2.53 bits per heavy atom. The predicted molar refractivity (Wildman–Crippen MR) is 77.1 cm³/mol. The summed E-state index contributed by atoms with van der Waals surface area (Å²) in [5.74, 6) is -0.226. The van der Waals surface area contributed by atoms with Crippen molar-refractivity contribution in [3.8, 4) is 0 Å². The molecule has 19 heavy (non-hydrogen) atoms. The number of carboxylic acid groups (broad SMARTS) is 1. The van der Waals surface area contributed by atoms with Crippen molar-refractivity contribution in [1.82, 2.24) is 10.3 Å². The molecule has 5 heteroatoms. The lowest BCUT2D eigenvalue weighted by atomic mass is 9.90. The van der Waals surface area contributed by atoms with E-state index in [9.17, 15) is 9.90 Å². The van der Waals surface area contributed by atoms with E-state index in [0.29, 0.717) is 5.82 Å². The summed E-state index contributed by atoms with van der Waals surface area (Å²) in [7, 11) is 3.80. The van der Waals surface area contributed by atoms with E-state index < -0.39 is 5.97 Å². The quantitative estimate of drug-likeness (QED) is 0.849. The van der Waals surface area contributed by atoms with Crippen LogP contribution in [0, 0.1) is 0 Å². The van der Waals surface area contributed by atoms with Gasteiger partial charge in [0.05, 0.1) is 5.56 Å². The maximum atomic E-state index is 11.2. The highest BCUT2D eigenvalue weighted by Crippen LogP contribution is 2.24. The van der Waals surface area contributed by atoms with Crippen LogP contribution >= 0.6 is 0 Å². The highest BCUT2D eigenvalue weighted by atomic mass is 16.4. The summed E-state index contributed by atoms with van der Waals surface area (Å²) in [6.07, 6.45) is 0. The zero-order chi connectivity index (χ0) is 14.6. The van der Waals surface area contributed by atoms with Crippen LogP contribution in [0.15, 0.2) is 12.1 Å². The number of carbonyl (C=O) groups is 1. The zero-order valence-corrected chi connectivity index (χ0v) is 12.3. The van der Waals surface area contributed by atoms with Crippen LogP contribution in [0.4, 0.5) is 5.82 Å². The molecular weight excluding hydrogens is 242 g/mol. The first-order chi connectivity index (χ1) is 8.75. The molecule has 0 fully saturated rings. The number of hydrogen-bond donors (Lipinski definition) is 2. The Bertz CT molecular complexity index is 452. The van der Waals surface area contributed by atoms with Gasteiger partial charge in [0, 0.05) is 31.2 Å². The Morgan fingerprint density at radius 1 is 1.42 bits per heavy atom. The molecule has 0 unspecified atom stereocenters. The van der Waals surface area contributed by atoms with E-state index in [1.807, 2.05) is 39.8 Å². The molecule has 0 atom stereocenters. The Labute approximate surface area is 114 Å². The van der Waals surface area contributed by atoms with E-state index in [-0.39, 0.29) is 11.0 Å². The molecule has 0 spiro atoms. The van der Waals surface area contributed by atoms with Crippen LogP contribution in [-0.4, -0.2) is 43.2 Å². The number of aromatic carboxylic acids is 1. The van der Waals surface area contributed by atoms with Crippen molar-refractivity contribution < 1.29 is 9.90 Å². The van der Waals surface area contributed by atoms with Gasteiger partial charge in [-0.05, 0) is 19.2 Å². The maximum absolute atomic E-state index is 11.2. The van der Waals surface area contributed by atoms with E-state index in [1.54, 1.807) is 12.1 Å². The Morgan fingerprint density at radius 2 is 2.05 bits per heavy atom. The lowest BCUT2D eigenvalue weighted by molar-refractivity contribution is 0.0696. The summed E-state index contributed by atoms with van der Waals surface area (Å²) < 4.78 is 0. The third-order valence-electron chi connectivity index (χ3n) is 2.92. The largest absolute Gasteiger partial charge is 0.478 e. The molecule has 0 aliphatic heterocycles. The fourth-order valence-corrected chi connectivity index (χ4v) is 1.61. The molecule has 0 saturated carbocycles. The van der Waals surface area contributed by atoms with Gasteiger partial charge in [0.25, 0.3) is 0 Å². The highest BCUT2D eigenvalue weighted by molar-refractivity contribution is 5.88. The van der Waals surface area contributed by atoms with E-state index >= 15 is 0 Å². The Balaban J connectivity index is 3.17. The van der Waals surface area contributed by atoms with Gasteiger partial charge in [-0.25, -0.2) is 9.78 Å². The highest BCUT2D eigenvalue weighted by Gasteiger charge is 2.20. The number of nitrogens with zero attached hydrogens (tertiary/aromatic N) is 2. The van der Waals surface area contributed by atoms with Gasteiger partial charge in [0.2, 0.25) is 0 Å². The van der Waals surface area contributed by atoms with E-state index in [2.05, 4.69) is 10.3 Å². The van der Waals surface area contributed by atoms with E-state index in [4.69, 9.17) is 0 Å². The number of pyridine rings is 1. The number of carboxylic acids is 1. The first-order valence-electron chi connectivity index (χ1n) is 6.37. The zero-order valence-electron chi connectivity index (χ0n) is 12.3. The van der Waals surface area contributed by atoms with Crippen molar-refractivity contribution in [3.63, 3.8) is 0 Å². The summed E-state index contributed by atoms with van der Waals surface area (Å²) in [5.41, 5.74) is 0.897. The maximum Gasteiger partial charge on any atom is 0.335 e. The van der Waals surface area contributed by atoms with E-state index in [1.165, 1.54) is 0 Å². The first-order valence-corrected chi connectivity index (χ1v) is 6.37. The fraction of sp³-hybridized carbons (Fsp3) is 0.571. The van der Waals surface area contributed by atoms with Crippen molar-refractivity contribution in [2.75, 3.05) is 32.1 Å². The van der Waals surface area contributed by atoms with Gasteiger partial charge in [-0.15, -0.1) is 0 Å². The minimum atomic E-state index is -0.920. The van der Waals surface area contributed by atoms with Crippen LogP contribution in [0.25, 0.3) is 0 Å². The molecular formula is C14H23N3O2. The molecule has 1 aromatic heterocycles. The van der Waals surface area contributed by atoms with Crippen LogP contribution < -0.4 is 10.2 Å². The van der Waals surface area contributed by atoms with Crippen molar-refractivity contribution in [3.05, 3.63) is 23.4 Å². The summed E-state index contributed by atoms with van der Waals surface area (Å²) in [6, 6.07) is 3.27. The van der Waals surface area contributed by atoms with Gasteiger partial charge in [0.1, 0.15) is 5.82 Å². The van der Waals surface area contributed by atoms with Crippen LogP contribution in [-0.2, 0) is 5.41 Å². The van der Waals surface area contributed by atoms with Crippen molar-refractivity contribution in [2.24, 2.45) is 0 Å². The van der Waals surface area contributed by atoms with Gasteiger partial charge in [-0.2, -0.15) is 0 Å². The Hall–Kier alpha value is -1.62. The van der Waals surface area contributed by atoms with E-state index in [0.717, 1.165) is 18.8 Å². The standard InChI is InChI=1S/C14H23N3O2/c1-14(2,3)11-8-10(13(18)19)9-12(16-11)17(5)7-6-15-4/h8-9,15H,6-7H2,1-5H3,(H,18,19). The van der Waals surface area contributed by atoms with Crippen molar-refractivity contribution in [1.29, 1.82) is 0 Å². The molecule has 106 valence electrons. The molecule has 0 amide bonds. The lowest BCUT2D eigenvalue weighted by Gasteiger charge is -2.23. The first kappa shape index (κ1) is 15.4. The monoisotopic (exact) mass is 265 g/mol.